The molecule has 2 heterocycles. The molecule has 1 fully saturated rings. The van der Waals surface area contributed by atoms with Crippen LogP contribution in [0.15, 0.2) is 12.3 Å². The summed E-state index contributed by atoms with van der Waals surface area (Å²) in [7, 11) is 0. The molecule has 78 valence electrons. The van der Waals surface area contributed by atoms with Crippen LogP contribution < -0.4 is 10.6 Å². The zero-order valence-electron chi connectivity index (χ0n) is 8.77. The summed E-state index contributed by atoms with van der Waals surface area (Å²) in [5.41, 5.74) is 6.71. The molecule has 2 N–H and O–H groups in total. The maximum absolute atomic E-state index is 9.00. The third-order valence-electron chi connectivity index (χ3n) is 2.73. The predicted molar refractivity (Wildman–Crippen MR) is 59.4 cm³/mol. The lowest BCUT2D eigenvalue weighted by Gasteiger charge is -2.18. The van der Waals surface area contributed by atoms with Gasteiger partial charge in [-0.1, -0.05) is 6.92 Å². The van der Waals surface area contributed by atoms with Gasteiger partial charge in [-0.15, -0.1) is 0 Å². The van der Waals surface area contributed by atoms with E-state index in [0.717, 1.165) is 25.3 Å². The molecule has 4 heteroatoms. The third-order valence-corrected chi connectivity index (χ3v) is 2.73. The minimum absolute atomic E-state index is 0.544. The van der Waals surface area contributed by atoms with Gasteiger partial charge >= 0.3 is 0 Å². The van der Waals surface area contributed by atoms with E-state index in [2.05, 4.69) is 22.9 Å². The quantitative estimate of drug-likeness (QED) is 0.747. The normalized spacial score (nSPS) is 20.3. The molecule has 1 aromatic heterocycles. The summed E-state index contributed by atoms with van der Waals surface area (Å²) in [4.78, 5) is 6.40. The Morgan fingerprint density at radius 3 is 3.07 bits per heavy atom. The van der Waals surface area contributed by atoms with Crippen LogP contribution in [0.1, 0.15) is 18.9 Å². The molecule has 0 aliphatic carbocycles. The molecule has 15 heavy (non-hydrogen) atoms. The number of nitrogen functional groups attached to an aromatic ring is 1. The van der Waals surface area contributed by atoms with Crippen molar-refractivity contribution < 1.29 is 0 Å². The number of nitrogens with two attached hydrogens (primary N) is 1. The van der Waals surface area contributed by atoms with Gasteiger partial charge in [0.25, 0.3) is 0 Å². The van der Waals surface area contributed by atoms with E-state index in [-0.39, 0.29) is 0 Å². The average molecular weight is 202 g/mol. The molecule has 4 nitrogen and oxygen atoms in total. The van der Waals surface area contributed by atoms with Crippen molar-refractivity contribution in [3.05, 3.63) is 17.8 Å². The molecule has 0 amide bonds. The minimum atomic E-state index is 0.544. The lowest BCUT2D eigenvalue weighted by atomic mass is 10.2. The molecule has 0 radical (unpaired) electrons. The Kier molecular flexibility index (Phi) is 2.46. The largest absolute Gasteiger partial charge is 0.397 e. The highest BCUT2D eigenvalue weighted by Gasteiger charge is 2.22. The summed E-state index contributed by atoms with van der Waals surface area (Å²) in [6.07, 6.45) is 2.77. The Morgan fingerprint density at radius 1 is 1.67 bits per heavy atom. The van der Waals surface area contributed by atoms with E-state index in [1.165, 1.54) is 0 Å². The second-order valence-electron chi connectivity index (χ2n) is 4.09. The Morgan fingerprint density at radius 2 is 2.47 bits per heavy atom. The van der Waals surface area contributed by atoms with Crippen molar-refractivity contribution in [1.82, 2.24) is 4.98 Å². The zero-order chi connectivity index (χ0) is 10.8. The molecule has 1 saturated heterocycles. The average Bonchev–Trinajstić information content (AvgIpc) is 2.64. The molecule has 1 unspecified atom stereocenters. The molecular formula is C11H14N4. The monoisotopic (exact) mass is 202 g/mol. The van der Waals surface area contributed by atoms with Crippen molar-refractivity contribution >= 4 is 11.5 Å². The first-order valence-corrected chi connectivity index (χ1v) is 5.11. The van der Waals surface area contributed by atoms with Crippen LogP contribution in [0.5, 0.6) is 0 Å². The number of rotatable bonds is 1. The standard InChI is InChI=1S/C11H14N4/c1-8-2-3-15(7-8)11-9(5-12)4-10(13)6-14-11/h4,6,8H,2-3,7,13H2,1H3. The third kappa shape index (κ3) is 1.86. The van der Waals surface area contributed by atoms with Crippen LogP contribution in [0.4, 0.5) is 11.5 Å². The fraction of sp³-hybridized carbons (Fsp3) is 0.455. The van der Waals surface area contributed by atoms with Crippen LogP contribution >= 0.6 is 0 Å². The second-order valence-corrected chi connectivity index (χ2v) is 4.09. The van der Waals surface area contributed by atoms with Crippen molar-refractivity contribution in [1.29, 1.82) is 5.26 Å². The summed E-state index contributed by atoms with van der Waals surface area (Å²) < 4.78 is 0. The van der Waals surface area contributed by atoms with Crippen LogP contribution in [-0.4, -0.2) is 18.1 Å². The van der Waals surface area contributed by atoms with Crippen LogP contribution in [0, 0.1) is 17.2 Å². The maximum Gasteiger partial charge on any atom is 0.146 e. The molecule has 2 rings (SSSR count). The molecule has 1 aliphatic rings. The molecule has 1 aliphatic heterocycles. The Labute approximate surface area is 89.3 Å². The maximum atomic E-state index is 9.00. The van der Waals surface area contributed by atoms with Gasteiger partial charge in [0, 0.05) is 13.1 Å². The van der Waals surface area contributed by atoms with Gasteiger partial charge in [-0.2, -0.15) is 5.26 Å². The predicted octanol–water partition coefficient (Wildman–Crippen LogP) is 1.38. The highest BCUT2D eigenvalue weighted by Crippen LogP contribution is 2.25. The first-order valence-electron chi connectivity index (χ1n) is 5.11. The van der Waals surface area contributed by atoms with Gasteiger partial charge in [0.15, 0.2) is 0 Å². The van der Waals surface area contributed by atoms with E-state index >= 15 is 0 Å². The minimum Gasteiger partial charge on any atom is -0.397 e. The van der Waals surface area contributed by atoms with E-state index in [4.69, 9.17) is 11.0 Å². The van der Waals surface area contributed by atoms with Crippen LogP contribution in [0.2, 0.25) is 0 Å². The van der Waals surface area contributed by atoms with Gasteiger partial charge in [-0.3, -0.25) is 0 Å². The number of hydrogen-bond donors (Lipinski definition) is 1. The molecule has 1 atom stereocenters. The number of anilines is 2. The fourth-order valence-electron chi connectivity index (χ4n) is 1.94. The number of nitriles is 1. The number of hydrogen-bond acceptors (Lipinski definition) is 4. The topological polar surface area (TPSA) is 65.9 Å². The van der Waals surface area contributed by atoms with Gasteiger partial charge in [0.1, 0.15) is 11.9 Å². The van der Waals surface area contributed by atoms with E-state index in [1.54, 1.807) is 12.3 Å². The molecular weight excluding hydrogens is 188 g/mol. The SMILES string of the molecule is CC1CCN(c2ncc(N)cc2C#N)C1. The first kappa shape index (κ1) is 9.78. The van der Waals surface area contributed by atoms with Crippen molar-refractivity contribution in [3.63, 3.8) is 0 Å². The molecule has 0 aromatic carbocycles. The summed E-state index contributed by atoms with van der Waals surface area (Å²) in [5, 5.41) is 9.00. The van der Waals surface area contributed by atoms with Crippen LogP contribution in [0.25, 0.3) is 0 Å². The van der Waals surface area contributed by atoms with Gasteiger partial charge in [-0.05, 0) is 18.4 Å². The summed E-state index contributed by atoms with van der Waals surface area (Å²) in [6.45, 7) is 4.17. The van der Waals surface area contributed by atoms with Crippen molar-refractivity contribution in [3.8, 4) is 6.07 Å². The van der Waals surface area contributed by atoms with E-state index in [1.807, 2.05) is 0 Å². The van der Waals surface area contributed by atoms with Gasteiger partial charge in [-0.25, -0.2) is 4.98 Å². The van der Waals surface area contributed by atoms with Crippen LogP contribution in [0.3, 0.4) is 0 Å². The summed E-state index contributed by atoms with van der Waals surface area (Å²) in [5.74, 6) is 1.45. The van der Waals surface area contributed by atoms with E-state index in [9.17, 15) is 0 Å². The summed E-state index contributed by atoms with van der Waals surface area (Å²) >= 11 is 0. The number of aromatic nitrogens is 1. The fourth-order valence-corrected chi connectivity index (χ4v) is 1.94. The lowest BCUT2D eigenvalue weighted by Crippen LogP contribution is -2.21. The first-order chi connectivity index (χ1) is 7.20. The highest BCUT2D eigenvalue weighted by molar-refractivity contribution is 5.59. The molecule has 0 spiro atoms. The lowest BCUT2D eigenvalue weighted by molar-refractivity contribution is 0.659. The molecule has 0 saturated carbocycles. The van der Waals surface area contributed by atoms with Crippen LogP contribution in [-0.2, 0) is 0 Å². The Balaban J connectivity index is 2.32. The van der Waals surface area contributed by atoms with E-state index < -0.39 is 0 Å². The summed E-state index contributed by atoms with van der Waals surface area (Å²) in [6, 6.07) is 3.83. The Bertz CT molecular complexity index is 408. The van der Waals surface area contributed by atoms with Gasteiger partial charge < -0.3 is 10.6 Å². The van der Waals surface area contributed by atoms with Crippen molar-refractivity contribution in [2.75, 3.05) is 23.7 Å². The highest BCUT2D eigenvalue weighted by atomic mass is 15.2. The zero-order valence-corrected chi connectivity index (χ0v) is 8.77. The van der Waals surface area contributed by atoms with Gasteiger partial charge in [0.05, 0.1) is 17.4 Å². The smallest absolute Gasteiger partial charge is 0.146 e. The molecule has 1 aromatic rings. The molecule has 0 bridgehead atoms. The van der Waals surface area contributed by atoms with E-state index in [0.29, 0.717) is 17.2 Å². The second kappa shape index (κ2) is 3.77. The van der Waals surface area contributed by atoms with Gasteiger partial charge in [0.2, 0.25) is 0 Å². The Hall–Kier alpha value is -1.76. The number of nitrogens with zero attached hydrogens (tertiary/aromatic N) is 3. The number of pyridine rings is 1. The van der Waals surface area contributed by atoms with Crippen molar-refractivity contribution in [2.45, 2.75) is 13.3 Å². The van der Waals surface area contributed by atoms with Crippen molar-refractivity contribution in [2.24, 2.45) is 5.92 Å².